The fourth-order valence-corrected chi connectivity index (χ4v) is 9.26. The molecular weight excluding hydrogens is 665 g/mol. The van der Waals surface area contributed by atoms with E-state index >= 15 is 0 Å². The highest BCUT2D eigenvalue weighted by Crippen LogP contribution is 2.55. The molecule has 0 unspecified atom stereocenters. The third-order valence-electron chi connectivity index (χ3n) is 11.9. The van der Waals surface area contributed by atoms with E-state index in [1.165, 1.54) is 71.1 Å². The molecule has 0 saturated carbocycles. The fourth-order valence-electron chi connectivity index (χ4n) is 9.26. The van der Waals surface area contributed by atoms with E-state index in [0.717, 1.165) is 39.3 Å². The Bertz CT molecular complexity index is 3180. The van der Waals surface area contributed by atoms with Gasteiger partial charge in [0.25, 0.3) is 0 Å². The molecule has 0 saturated heterocycles. The molecule has 0 N–H and O–H groups in total. The van der Waals surface area contributed by atoms with Gasteiger partial charge in [0.05, 0.1) is 11.4 Å². The van der Waals surface area contributed by atoms with Crippen molar-refractivity contribution in [3.63, 3.8) is 0 Å². The van der Waals surface area contributed by atoms with E-state index in [1.54, 1.807) is 0 Å². The van der Waals surface area contributed by atoms with Gasteiger partial charge in [0.2, 0.25) is 0 Å². The monoisotopic (exact) mass is 700 g/mol. The van der Waals surface area contributed by atoms with Crippen LogP contribution in [0.15, 0.2) is 182 Å². The van der Waals surface area contributed by atoms with Gasteiger partial charge >= 0.3 is 0 Å². The van der Waals surface area contributed by atoms with Gasteiger partial charge in [-0.25, -0.2) is 9.97 Å². The van der Waals surface area contributed by atoms with Crippen LogP contribution >= 0.6 is 0 Å². The third kappa shape index (κ3) is 4.88. The van der Waals surface area contributed by atoms with Gasteiger partial charge in [0.1, 0.15) is 0 Å². The maximum absolute atomic E-state index is 5.39. The van der Waals surface area contributed by atoms with E-state index < -0.39 is 0 Å². The first-order chi connectivity index (χ1) is 27.0. The quantitative estimate of drug-likeness (QED) is 0.183. The van der Waals surface area contributed by atoms with Crippen molar-refractivity contribution in [1.82, 2.24) is 9.97 Å². The number of hydrogen-bond acceptors (Lipinski definition) is 2. The van der Waals surface area contributed by atoms with Gasteiger partial charge in [-0.3, -0.25) is 0 Å². The number of aromatic nitrogens is 2. The Morgan fingerprint density at radius 1 is 0.364 bits per heavy atom. The van der Waals surface area contributed by atoms with Crippen molar-refractivity contribution >= 4 is 43.1 Å². The Morgan fingerprint density at radius 2 is 0.927 bits per heavy atom. The molecule has 9 aromatic carbocycles. The van der Waals surface area contributed by atoms with Gasteiger partial charge in [0, 0.05) is 22.1 Å². The lowest BCUT2D eigenvalue weighted by atomic mass is 9.80. The highest BCUT2D eigenvalue weighted by molar-refractivity contribution is 6.09. The first-order valence-corrected chi connectivity index (χ1v) is 19.1. The van der Waals surface area contributed by atoms with E-state index in [0.29, 0.717) is 0 Å². The molecule has 0 fully saturated rings. The second-order valence-corrected chi connectivity index (χ2v) is 15.3. The van der Waals surface area contributed by atoms with Crippen LogP contribution in [0.25, 0.3) is 99.2 Å². The minimum Gasteiger partial charge on any atom is -0.228 e. The summed E-state index contributed by atoms with van der Waals surface area (Å²) in [4.78, 5) is 10.7. The van der Waals surface area contributed by atoms with Crippen LogP contribution in [0.2, 0.25) is 0 Å². The van der Waals surface area contributed by atoms with Crippen molar-refractivity contribution in [1.29, 1.82) is 0 Å². The number of hydrogen-bond donors (Lipinski definition) is 0. The van der Waals surface area contributed by atoms with Gasteiger partial charge in [-0.05, 0) is 88.6 Å². The van der Waals surface area contributed by atoms with Crippen molar-refractivity contribution in [3.8, 4) is 56.2 Å². The van der Waals surface area contributed by atoms with E-state index in [9.17, 15) is 0 Å². The van der Waals surface area contributed by atoms with Crippen LogP contribution < -0.4 is 0 Å². The normalized spacial score (nSPS) is 13.1. The molecular formula is C53H36N2. The van der Waals surface area contributed by atoms with Crippen LogP contribution in [0.5, 0.6) is 0 Å². The molecule has 0 amide bonds. The maximum Gasteiger partial charge on any atom is 0.161 e. The topological polar surface area (TPSA) is 25.8 Å². The van der Waals surface area contributed by atoms with Gasteiger partial charge in [-0.15, -0.1) is 0 Å². The van der Waals surface area contributed by atoms with Crippen molar-refractivity contribution in [3.05, 3.63) is 193 Å². The Hall–Kier alpha value is -6.90. The second-order valence-electron chi connectivity index (χ2n) is 15.3. The molecule has 0 atom stereocenters. The molecule has 0 bridgehead atoms. The zero-order valence-electron chi connectivity index (χ0n) is 30.7. The number of nitrogens with zero attached hydrogens (tertiary/aromatic N) is 2. The van der Waals surface area contributed by atoms with Crippen molar-refractivity contribution < 1.29 is 0 Å². The molecule has 10 aromatic rings. The molecule has 0 spiro atoms. The Kier molecular flexibility index (Phi) is 6.93. The summed E-state index contributed by atoms with van der Waals surface area (Å²) in [6, 6.07) is 65.9. The SMILES string of the molecule is CC1(C)c2cccc(-c3ccc(-c4cc(-c5ccc6ccccc6c5)nc(-c5cccc6ccccc56)n4)c4ccccc34)c2-c2ccc3ccccc3c21. The van der Waals surface area contributed by atoms with Gasteiger partial charge < -0.3 is 0 Å². The minimum absolute atomic E-state index is 0.130. The third-order valence-corrected chi connectivity index (χ3v) is 11.9. The summed E-state index contributed by atoms with van der Waals surface area (Å²) in [5, 5.41) is 9.70. The summed E-state index contributed by atoms with van der Waals surface area (Å²) in [5.41, 5.74) is 12.8. The molecule has 1 aromatic heterocycles. The van der Waals surface area contributed by atoms with Crippen molar-refractivity contribution in [2.75, 3.05) is 0 Å². The standard InChI is InChI=1S/C53H36N2/c1-53(2)47-24-12-22-44(50(47)46-28-27-35-15-6-8-19-39(35)51(46)53)42-29-30-43(41-21-10-9-20-40(41)42)49-32-48(37-26-25-33-13-3-4-16-36(33)31-37)54-52(55-49)45-23-11-17-34-14-5-7-18-38(34)45/h3-32H,1-2H3. The Labute approximate surface area is 320 Å². The van der Waals surface area contributed by atoms with Gasteiger partial charge in [0.15, 0.2) is 5.82 Å². The van der Waals surface area contributed by atoms with Gasteiger partial charge in [-0.1, -0.05) is 184 Å². The number of rotatable bonds is 4. The zero-order chi connectivity index (χ0) is 36.7. The average Bonchev–Trinajstić information content (AvgIpc) is 3.49. The van der Waals surface area contributed by atoms with Crippen molar-refractivity contribution in [2.24, 2.45) is 0 Å². The molecule has 11 rings (SSSR count). The summed E-state index contributed by atoms with van der Waals surface area (Å²) in [6.45, 7) is 4.76. The van der Waals surface area contributed by atoms with Crippen molar-refractivity contribution in [2.45, 2.75) is 19.3 Å². The smallest absolute Gasteiger partial charge is 0.161 e. The van der Waals surface area contributed by atoms with Crippen LogP contribution in [0, 0.1) is 0 Å². The molecule has 258 valence electrons. The van der Waals surface area contributed by atoms with Crippen LogP contribution in [-0.2, 0) is 5.41 Å². The minimum atomic E-state index is -0.130. The van der Waals surface area contributed by atoms with Crippen LogP contribution in [0.1, 0.15) is 25.0 Å². The average molecular weight is 701 g/mol. The zero-order valence-corrected chi connectivity index (χ0v) is 30.7. The molecule has 0 radical (unpaired) electrons. The molecule has 2 heteroatoms. The van der Waals surface area contributed by atoms with E-state index in [1.807, 2.05) is 0 Å². The number of benzene rings is 9. The lowest BCUT2D eigenvalue weighted by Crippen LogP contribution is -2.15. The summed E-state index contributed by atoms with van der Waals surface area (Å²) in [7, 11) is 0. The predicted octanol–water partition coefficient (Wildman–Crippen LogP) is 14.1. The predicted molar refractivity (Wildman–Crippen MR) is 231 cm³/mol. The first kappa shape index (κ1) is 31.6. The molecule has 1 aliphatic rings. The molecule has 55 heavy (non-hydrogen) atoms. The summed E-state index contributed by atoms with van der Waals surface area (Å²) in [6.07, 6.45) is 0. The fraction of sp³-hybridized carbons (Fsp3) is 0.0566. The summed E-state index contributed by atoms with van der Waals surface area (Å²) < 4.78 is 0. The maximum atomic E-state index is 5.39. The highest BCUT2D eigenvalue weighted by Gasteiger charge is 2.38. The van der Waals surface area contributed by atoms with Crippen LogP contribution in [0.4, 0.5) is 0 Å². The van der Waals surface area contributed by atoms with E-state index in [-0.39, 0.29) is 5.41 Å². The van der Waals surface area contributed by atoms with Crippen LogP contribution in [0.3, 0.4) is 0 Å². The van der Waals surface area contributed by atoms with E-state index in [4.69, 9.17) is 9.97 Å². The number of fused-ring (bicyclic) bond motifs is 8. The summed E-state index contributed by atoms with van der Waals surface area (Å²) >= 11 is 0. The Morgan fingerprint density at radius 3 is 1.75 bits per heavy atom. The lowest BCUT2D eigenvalue weighted by molar-refractivity contribution is 0.666. The lowest BCUT2D eigenvalue weighted by Gasteiger charge is -2.23. The molecule has 1 heterocycles. The molecule has 1 aliphatic carbocycles. The Balaban J connectivity index is 1.14. The molecule has 0 aliphatic heterocycles. The highest BCUT2D eigenvalue weighted by atomic mass is 14.9. The summed E-state index contributed by atoms with van der Waals surface area (Å²) in [5.74, 6) is 0.720. The second kappa shape index (κ2) is 12.1. The molecule has 2 nitrogen and oxygen atoms in total. The van der Waals surface area contributed by atoms with E-state index in [2.05, 4.69) is 196 Å². The van der Waals surface area contributed by atoms with Gasteiger partial charge in [-0.2, -0.15) is 0 Å². The van der Waals surface area contributed by atoms with Crippen LogP contribution in [-0.4, -0.2) is 9.97 Å². The first-order valence-electron chi connectivity index (χ1n) is 19.1. The largest absolute Gasteiger partial charge is 0.228 e.